The molecule has 1 rings (SSSR count). The molecule has 0 aliphatic heterocycles. The van der Waals surface area contributed by atoms with E-state index in [0.29, 0.717) is 12.5 Å². The van der Waals surface area contributed by atoms with Gasteiger partial charge in [0.2, 0.25) is 0 Å². The fraction of sp³-hybridized carbons (Fsp3) is 0.538. The van der Waals surface area contributed by atoms with Crippen LogP contribution in [0.5, 0.6) is 0 Å². The Kier molecular flexibility index (Phi) is 5.56. The topological polar surface area (TPSA) is 29.3 Å². The predicted octanol–water partition coefficient (Wildman–Crippen LogP) is 3.18. The lowest BCUT2D eigenvalue weighted by Gasteiger charge is -2.30. The second kappa shape index (κ2) is 6.47. The van der Waals surface area contributed by atoms with E-state index in [-0.39, 0.29) is 11.9 Å². The molecule has 1 aromatic carbocycles. The van der Waals surface area contributed by atoms with Crippen molar-refractivity contribution in [1.29, 1.82) is 0 Å². The van der Waals surface area contributed by atoms with Gasteiger partial charge < -0.3 is 10.6 Å². The van der Waals surface area contributed by atoms with Gasteiger partial charge >= 0.3 is 0 Å². The molecule has 0 bridgehead atoms. The fourth-order valence-corrected chi connectivity index (χ4v) is 2.63. The number of halogens is 2. The van der Waals surface area contributed by atoms with Gasteiger partial charge in [-0.2, -0.15) is 0 Å². The Labute approximate surface area is 111 Å². The van der Waals surface area contributed by atoms with Crippen LogP contribution in [0.1, 0.15) is 24.9 Å². The van der Waals surface area contributed by atoms with E-state index < -0.39 is 0 Å². The molecule has 4 heteroatoms. The third-order valence-electron chi connectivity index (χ3n) is 2.99. The highest BCUT2D eigenvalue weighted by atomic mass is 79.9. The first kappa shape index (κ1) is 14.6. The first-order chi connectivity index (χ1) is 7.97. The summed E-state index contributed by atoms with van der Waals surface area (Å²) in [6.45, 7) is 2.74. The van der Waals surface area contributed by atoms with Crippen LogP contribution < -0.4 is 5.73 Å². The molecule has 0 radical (unpaired) electrons. The summed E-state index contributed by atoms with van der Waals surface area (Å²) in [6, 6.07) is 5.13. The zero-order chi connectivity index (χ0) is 13.0. The van der Waals surface area contributed by atoms with Crippen LogP contribution in [0.4, 0.5) is 4.39 Å². The minimum Gasteiger partial charge on any atom is -0.330 e. The molecule has 2 unspecified atom stereocenters. The Balaban J connectivity index is 3.09. The van der Waals surface area contributed by atoms with Crippen LogP contribution in [0.25, 0.3) is 0 Å². The zero-order valence-corrected chi connectivity index (χ0v) is 12.2. The third kappa shape index (κ3) is 3.76. The van der Waals surface area contributed by atoms with E-state index >= 15 is 0 Å². The monoisotopic (exact) mass is 302 g/mol. The average Bonchev–Trinajstić information content (AvgIpc) is 2.23. The van der Waals surface area contributed by atoms with Gasteiger partial charge in [-0.05, 0) is 51.2 Å². The van der Waals surface area contributed by atoms with Crippen LogP contribution in [0.2, 0.25) is 0 Å². The summed E-state index contributed by atoms with van der Waals surface area (Å²) in [6.07, 6.45) is 0.884. The van der Waals surface area contributed by atoms with Crippen molar-refractivity contribution in [2.75, 3.05) is 20.6 Å². The SMILES string of the molecule is CC(CCN)C(c1cc(Br)ccc1F)N(C)C. The van der Waals surface area contributed by atoms with E-state index in [0.717, 1.165) is 16.5 Å². The van der Waals surface area contributed by atoms with E-state index in [2.05, 4.69) is 22.9 Å². The minimum absolute atomic E-state index is 0.0519. The Morgan fingerprint density at radius 2 is 2.06 bits per heavy atom. The molecule has 2 atom stereocenters. The normalized spacial score (nSPS) is 15.0. The number of benzene rings is 1. The van der Waals surface area contributed by atoms with Crippen LogP contribution in [-0.4, -0.2) is 25.5 Å². The first-order valence-corrected chi connectivity index (χ1v) is 6.58. The van der Waals surface area contributed by atoms with Crippen molar-refractivity contribution < 1.29 is 4.39 Å². The number of hydrogen-bond acceptors (Lipinski definition) is 2. The van der Waals surface area contributed by atoms with Crippen LogP contribution in [0.15, 0.2) is 22.7 Å². The maximum atomic E-state index is 13.9. The maximum Gasteiger partial charge on any atom is 0.128 e. The van der Waals surface area contributed by atoms with Gasteiger partial charge in [0.15, 0.2) is 0 Å². The summed E-state index contributed by atoms with van der Waals surface area (Å²) < 4.78 is 14.8. The quantitative estimate of drug-likeness (QED) is 0.905. The highest BCUT2D eigenvalue weighted by Crippen LogP contribution is 2.32. The molecule has 2 N–H and O–H groups in total. The molecule has 0 saturated heterocycles. The largest absolute Gasteiger partial charge is 0.330 e. The highest BCUT2D eigenvalue weighted by molar-refractivity contribution is 9.10. The summed E-state index contributed by atoms with van der Waals surface area (Å²) >= 11 is 3.39. The predicted molar refractivity (Wildman–Crippen MR) is 73.4 cm³/mol. The first-order valence-electron chi connectivity index (χ1n) is 5.78. The molecule has 17 heavy (non-hydrogen) atoms. The number of nitrogens with two attached hydrogens (primary N) is 1. The fourth-order valence-electron chi connectivity index (χ4n) is 2.26. The summed E-state index contributed by atoms with van der Waals surface area (Å²) in [7, 11) is 3.94. The lowest BCUT2D eigenvalue weighted by molar-refractivity contribution is 0.211. The molecule has 0 aliphatic carbocycles. The second-order valence-electron chi connectivity index (χ2n) is 4.63. The summed E-state index contributed by atoms with van der Waals surface area (Å²) in [5, 5.41) is 0. The molecule has 0 spiro atoms. The van der Waals surface area contributed by atoms with E-state index in [1.807, 2.05) is 25.1 Å². The van der Waals surface area contributed by atoms with E-state index in [4.69, 9.17) is 5.73 Å². The maximum absolute atomic E-state index is 13.9. The van der Waals surface area contributed by atoms with Gasteiger partial charge in [0, 0.05) is 16.1 Å². The van der Waals surface area contributed by atoms with E-state index in [1.54, 1.807) is 6.07 Å². The molecule has 96 valence electrons. The summed E-state index contributed by atoms with van der Waals surface area (Å²) in [5.41, 5.74) is 6.32. The van der Waals surface area contributed by atoms with Gasteiger partial charge in [-0.3, -0.25) is 0 Å². The van der Waals surface area contributed by atoms with Gasteiger partial charge in [-0.25, -0.2) is 4.39 Å². The van der Waals surface area contributed by atoms with Gasteiger partial charge in [0.1, 0.15) is 5.82 Å². The van der Waals surface area contributed by atoms with Crippen LogP contribution in [0, 0.1) is 11.7 Å². The standard InChI is InChI=1S/C13H20BrFN2/c1-9(6-7-16)13(17(2)3)11-8-10(14)4-5-12(11)15/h4-5,8-9,13H,6-7,16H2,1-3H3. The Morgan fingerprint density at radius 3 is 2.59 bits per heavy atom. The van der Waals surface area contributed by atoms with Crippen LogP contribution >= 0.6 is 15.9 Å². The van der Waals surface area contributed by atoms with Crippen LogP contribution in [0.3, 0.4) is 0 Å². The molecular formula is C13H20BrFN2. The van der Waals surface area contributed by atoms with E-state index in [9.17, 15) is 4.39 Å². The Bertz CT molecular complexity index is 368. The highest BCUT2D eigenvalue weighted by Gasteiger charge is 2.24. The molecule has 0 aromatic heterocycles. The van der Waals surface area contributed by atoms with Gasteiger partial charge in [-0.15, -0.1) is 0 Å². The number of nitrogens with zero attached hydrogens (tertiary/aromatic N) is 1. The lowest BCUT2D eigenvalue weighted by Crippen LogP contribution is -2.28. The Hall–Kier alpha value is -0.450. The van der Waals surface area contributed by atoms with Crippen molar-refractivity contribution in [3.05, 3.63) is 34.1 Å². The lowest BCUT2D eigenvalue weighted by atomic mass is 9.91. The van der Waals surface area contributed by atoms with Crippen molar-refractivity contribution in [3.8, 4) is 0 Å². The third-order valence-corrected chi connectivity index (χ3v) is 3.49. The number of hydrogen-bond donors (Lipinski definition) is 1. The average molecular weight is 303 g/mol. The van der Waals surface area contributed by atoms with Crippen molar-refractivity contribution in [3.63, 3.8) is 0 Å². The van der Waals surface area contributed by atoms with Crippen molar-refractivity contribution in [2.45, 2.75) is 19.4 Å². The molecule has 2 nitrogen and oxygen atoms in total. The molecule has 1 aromatic rings. The molecular weight excluding hydrogens is 283 g/mol. The smallest absolute Gasteiger partial charge is 0.128 e. The summed E-state index contributed by atoms with van der Waals surface area (Å²) in [4.78, 5) is 2.05. The Morgan fingerprint density at radius 1 is 1.41 bits per heavy atom. The van der Waals surface area contributed by atoms with Gasteiger partial charge in [0.05, 0.1) is 0 Å². The van der Waals surface area contributed by atoms with Gasteiger partial charge in [-0.1, -0.05) is 22.9 Å². The van der Waals surface area contributed by atoms with Crippen molar-refractivity contribution in [1.82, 2.24) is 4.90 Å². The zero-order valence-electron chi connectivity index (χ0n) is 10.6. The minimum atomic E-state index is -0.157. The molecule has 0 heterocycles. The van der Waals surface area contributed by atoms with Gasteiger partial charge in [0.25, 0.3) is 0 Å². The van der Waals surface area contributed by atoms with Crippen LogP contribution in [-0.2, 0) is 0 Å². The second-order valence-corrected chi connectivity index (χ2v) is 5.54. The van der Waals surface area contributed by atoms with Crippen molar-refractivity contribution >= 4 is 15.9 Å². The molecule has 0 amide bonds. The molecule has 0 aliphatic rings. The summed E-state index contributed by atoms with van der Waals surface area (Å²) in [5.74, 6) is 0.162. The molecule has 0 saturated carbocycles. The number of rotatable bonds is 5. The molecule has 0 fully saturated rings. The van der Waals surface area contributed by atoms with E-state index in [1.165, 1.54) is 6.07 Å². The van der Waals surface area contributed by atoms with Crippen molar-refractivity contribution in [2.24, 2.45) is 11.7 Å².